The largest absolute Gasteiger partial charge is 0.312 e. The molecule has 1 aliphatic carbocycles. The van der Waals surface area contributed by atoms with E-state index in [1.54, 1.807) is 0 Å². The van der Waals surface area contributed by atoms with E-state index in [0.717, 1.165) is 12.5 Å². The lowest BCUT2D eigenvalue weighted by molar-refractivity contribution is 0.177. The quantitative estimate of drug-likeness (QED) is 0.700. The molecule has 0 spiro atoms. The molecule has 0 amide bonds. The third kappa shape index (κ3) is 4.97. The second-order valence-electron chi connectivity index (χ2n) is 5.80. The first-order valence-electron chi connectivity index (χ1n) is 7.62. The molecular formula is C15H32N2. The number of nitrogens with zero attached hydrogens (tertiary/aromatic N) is 1. The second kappa shape index (κ2) is 8.10. The maximum absolute atomic E-state index is 3.68. The van der Waals surface area contributed by atoms with Crippen LogP contribution in [0.2, 0.25) is 0 Å². The van der Waals surface area contributed by atoms with Crippen LogP contribution in [0.4, 0.5) is 0 Å². The van der Waals surface area contributed by atoms with Crippen molar-refractivity contribution in [3.63, 3.8) is 0 Å². The molecule has 2 nitrogen and oxygen atoms in total. The Labute approximate surface area is 108 Å². The van der Waals surface area contributed by atoms with E-state index in [1.165, 1.54) is 45.1 Å². The first-order valence-corrected chi connectivity index (χ1v) is 7.62. The SMILES string of the molecule is CCCNC(CC)C(C)N(C)CC1CCCC1. The predicted octanol–water partition coefficient (Wildman–Crippen LogP) is 3.28. The van der Waals surface area contributed by atoms with Crippen LogP contribution in [0.1, 0.15) is 59.3 Å². The second-order valence-corrected chi connectivity index (χ2v) is 5.80. The predicted molar refractivity (Wildman–Crippen MR) is 76.4 cm³/mol. The molecule has 102 valence electrons. The van der Waals surface area contributed by atoms with Crippen LogP contribution in [0.5, 0.6) is 0 Å². The average Bonchev–Trinajstić information content (AvgIpc) is 2.82. The van der Waals surface area contributed by atoms with E-state index in [1.807, 2.05) is 0 Å². The van der Waals surface area contributed by atoms with Gasteiger partial charge in [-0.2, -0.15) is 0 Å². The van der Waals surface area contributed by atoms with Gasteiger partial charge in [0.05, 0.1) is 0 Å². The molecule has 2 atom stereocenters. The molecule has 0 saturated heterocycles. The normalized spacial score (nSPS) is 21.0. The molecule has 1 saturated carbocycles. The Kier molecular flexibility index (Phi) is 7.14. The molecule has 1 fully saturated rings. The molecule has 0 radical (unpaired) electrons. The van der Waals surface area contributed by atoms with Crippen molar-refractivity contribution in [2.75, 3.05) is 20.1 Å². The van der Waals surface area contributed by atoms with Crippen molar-refractivity contribution < 1.29 is 0 Å². The van der Waals surface area contributed by atoms with Gasteiger partial charge in [0.2, 0.25) is 0 Å². The van der Waals surface area contributed by atoms with Gasteiger partial charge in [-0.3, -0.25) is 0 Å². The smallest absolute Gasteiger partial charge is 0.0218 e. The lowest BCUT2D eigenvalue weighted by atomic mass is 10.0. The summed E-state index contributed by atoms with van der Waals surface area (Å²) in [5, 5.41) is 3.68. The summed E-state index contributed by atoms with van der Waals surface area (Å²) in [6.45, 7) is 9.37. The van der Waals surface area contributed by atoms with Gasteiger partial charge < -0.3 is 10.2 Å². The Morgan fingerprint density at radius 1 is 1.24 bits per heavy atom. The summed E-state index contributed by atoms with van der Waals surface area (Å²) >= 11 is 0. The lowest BCUT2D eigenvalue weighted by Crippen LogP contribution is -2.48. The van der Waals surface area contributed by atoms with Gasteiger partial charge in [0.1, 0.15) is 0 Å². The van der Waals surface area contributed by atoms with Crippen LogP contribution < -0.4 is 5.32 Å². The zero-order chi connectivity index (χ0) is 12.7. The minimum absolute atomic E-state index is 0.654. The molecule has 0 aromatic carbocycles. The van der Waals surface area contributed by atoms with Crippen LogP contribution >= 0.6 is 0 Å². The maximum Gasteiger partial charge on any atom is 0.0218 e. The molecule has 1 N–H and O–H groups in total. The van der Waals surface area contributed by atoms with Crippen molar-refractivity contribution in [3.05, 3.63) is 0 Å². The van der Waals surface area contributed by atoms with E-state index < -0.39 is 0 Å². The molecule has 0 aromatic rings. The fraction of sp³-hybridized carbons (Fsp3) is 1.00. The molecule has 0 heterocycles. The standard InChI is InChI=1S/C15H32N2/c1-5-11-16-15(6-2)13(3)17(4)12-14-9-7-8-10-14/h13-16H,5-12H2,1-4H3. The average molecular weight is 240 g/mol. The first-order chi connectivity index (χ1) is 8.19. The van der Waals surface area contributed by atoms with Crippen LogP contribution in [0, 0.1) is 5.92 Å². The summed E-state index contributed by atoms with van der Waals surface area (Å²) in [7, 11) is 2.30. The van der Waals surface area contributed by atoms with Crippen molar-refractivity contribution >= 4 is 0 Å². The summed E-state index contributed by atoms with van der Waals surface area (Å²) in [5.74, 6) is 0.964. The Morgan fingerprint density at radius 2 is 1.88 bits per heavy atom. The number of hydrogen-bond donors (Lipinski definition) is 1. The Balaban J connectivity index is 2.33. The van der Waals surface area contributed by atoms with Crippen molar-refractivity contribution in [2.45, 2.75) is 71.4 Å². The van der Waals surface area contributed by atoms with E-state index in [-0.39, 0.29) is 0 Å². The van der Waals surface area contributed by atoms with Crippen LogP contribution in [-0.4, -0.2) is 37.1 Å². The lowest BCUT2D eigenvalue weighted by Gasteiger charge is -2.33. The highest BCUT2D eigenvalue weighted by atomic mass is 15.2. The number of hydrogen-bond acceptors (Lipinski definition) is 2. The van der Waals surface area contributed by atoms with Gasteiger partial charge in [0.15, 0.2) is 0 Å². The maximum atomic E-state index is 3.68. The zero-order valence-electron chi connectivity index (χ0n) is 12.3. The monoisotopic (exact) mass is 240 g/mol. The summed E-state index contributed by atoms with van der Waals surface area (Å²) in [6.07, 6.45) is 8.29. The molecule has 0 aromatic heterocycles. The van der Waals surface area contributed by atoms with Crippen molar-refractivity contribution in [1.29, 1.82) is 0 Å². The Hall–Kier alpha value is -0.0800. The van der Waals surface area contributed by atoms with Gasteiger partial charge in [-0.05, 0) is 52.1 Å². The van der Waals surface area contributed by atoms with Crippen LogP contribution in [0.25, 0.3) is 0 Å². The highest BCUT2D eigenvalue weighted by Gasteiger charge is 2.23. The third-order valence-corrected chi connectivity index (χ3v) is 4.39. The third-order valence-electron chi connectivity index (χ3n) is 4.39. The van der Waals surface area contributed by atoms with Crippen LogP contribution in [-0.2, 0) is 0 Å². The van der Waals surface area contributed by atoms with Gasteiger partial charge in [0, 0.05) is 18.6 Å². The van der Waals surface area contributed by atoms with Crippen LogP contribution in [0.3, 0.4) is 0 Å². The highest BCUT2D eigenvalue weighted by Crippen LogP contribution is 2.26. The van der Waals surface area contributed by atoms with Gasteiger partial charge in [-0.15, -0.1) is 0 Å². The van der Waals surface area contributed by atoms with E-state index in [9.17, 15) is 0 Å². The molecule has 1 aliphatic rings. The molecule has 17 heavy (non-hydrogen) atoms. The fourth-order valence-electron chi connectivity index (χ4n) is 3.06. The van der Waals surface area contributed by atoms with Crippen molar-refractivity contribution in [2.24, 2.45) is 5.92 Å². The van der Waals surface area contributed by atoms with Gasteiger partial charge >= 0.3 is 0 Å². The van der Waals surface area contributed by atoms with Gasteiger partial charge in [0.25, 0.3) is 0 Å². The molecule has 2 unspecified atom stereocenters. The van der Waals surface area contributed by atoms with Gasteiger partial charge in [-0.1, -0.05) is 26.7 Å². The van der Waals surface area contributed by atoms with Gasteiger partial charge in [-0.25, -0.2) is 0 Å². The summed E-state index contributed by atoms with van der Waals surface area (Å²) in [4.78, 5) is 2.58. The van der Waals surface area contributed by atoms with Crippen molar-refractivity contribution in [3.8, 4) is 0 Å². The van der Waals surface area contributed by atoms with Crippen LogP contribution in [0.15, 0.2) is 0 Å². The highest BCUT2D eigenvalue weighted by molar-refractivity contribution is 4.81. The first kappa shape index (κ1) is 15.0. The van der Waals surface area contributed by atoms with E-state index in [0.29, 0.717) is 12.1 Å². The summed E-state index contributed by atoms with van der Waals surface area (Å²) < 4.78 is 0. The van der Waals surface area contributed by atoms with E-state index in [2.05, 4.69) is 38.0 Å². The molecule has 0 aliphatic heterocycles. The minimum atomic E-state index is 0.654. The molecule has 0 bridgehead atoms. The molecule has 2 heteroatoms. The Morgan fingerprint density at radius 3 is 2.41 bits per heavy atom. The minimum Gasteiger partial charge on any atom is -0.312 e. The number of rotatable bonds is 8. The number of nitrogens with one attached hydrogen (secondary N) is 1. The van der Waals surface area contributed by atoms with E-state index in [4.69, 9.17) is 0 Å². The topological polar surface area (TPSA) is 15.3 Å². The molecule has 1 rings (SSSR count). The summed E-state index contributed by atoms with van der Waals surface area (Å²) in [5.41, 5.74) is 0. The molecular weight excluding hydrogens is 208 g/mol. The van der Waals surface area contributed by atoms with Crippen molar-refractivity contribution in [1.82, 2.24) is 10.2 Å². The van der Waals surface area contributed by atoms with E-state index >= 15 is 0 Å². The summed E-state index contributed by atoms with van der Waals surface area (Å²) in [6, 6.07) is 1.31. The Bertz CT molecular complexity index is 187. The zero-order valence-corrected chi connectivity index (χ0v) is 12.3. The fourth-order valence-corrected chi connectivity index (χ4v) is 3.06. The number of likely N-dealkylation sites (N-methyl/N-ethyl adjacent to an activating group) is 1.